The lowest BCUT2D eigenvalue weighted by Gasteiger charge is -2.07. The summed E-state index contributed by atoms with van der Waals surface area (Å²) in [6, 6.07) is 2.01. The van der Waals surface area contributed by atoms with Crippen LogP contribution in [0.1, 0.15) is 24.7 Å². The van der Waals surface area contributed by atoms with Crippen LogP contribution < -0.4 is 5.32 Å². The maximum Gasteiger partial charge on any atom is 0.236 e. The van der Waals surface area contributed by atoms with Gasteiger partial charge in [-0.3, -0.25) is 4.79 Å². The van der Waals surface area contributed by atoms with Crippen molar-refractivity contribution in [2.75, 3.05) is 11.1 Å². The molecule has 1 fully saturated rings. The molecule has 1 N–H and O–H groups in total. The number of nitrogens with one attached hydrogen (secondary N) is 1. The first-order valence-corrected chi connectivity index (χ1v) is 8.44. The van der Waals surface area contributed by atoms with Crippen LogP contribution in [0.15, 0.2) is 17.4 Å². The molecular formula is C13H13Cl2N5OS. The molecule has 2 aromatic rings. The second-order valence-corrected chi connectivity index (χ2v) is 6.74. The van der Waals surface area contributed by atoms with Crippen LogP contribution in [-0.2, 0) is 4.79 Å². The molecule has 0 atom stereocenters. The van der Waals surface area contributed by atoms with Crippen LogP contribution in [0.3, 0.4) is 0 Å². The van der Waals surface area contributed by atoms with Gasteiger partial charge in [0.2, 0.25) is 5.91 Å². The first kappa shape index (κ1) is 15.6. The monoisotopic (exact) mass is 357 g/mol. The van der Waals surface area contributed by atoms with Crippen molar-refractivity contribution < 1.29 is 4.79 Å². The maximum atomic E-state index is 12.0. The van der Waals surface area contributed by atoms with E-state index in [1.807, 2.05) is 6.92 Å². The molecule has 6 nitrogen and oxygen atoms in total. The minimum absolute atomic E-state index is 0.204. The Bertz CT molecular complexity index is 716. The Kier molecular flexibility index (Phi) is 4.56. The number of hydrogen-bond acceptors (Lipinski definition) is 5. The summed E-state index contributed by atoms with van der Waals surface area (Å²) in [4.78, 5) is 16.0. The summed E-state index contributed by atoms with van der Waals surface area (Å²) >= 11 is 13.1. The van der Waals surface area contributed by atoms with E-state index >= 15 is 0 Å². The van der Waals surface area contributed by atoms with Crippen molar-refractivity contribution in [1.29, 1.82) is 0 Å². The van der Waals surface area contributed by atoms with Crippen LogP contribution in [0.5, 0.6) is 0 Å². The fourth-order valence-corrected chi connectivity index (χ4v) is 3.28. The smallest absolute Gasteiger partial charge is 0.236 e. The van der Waals surface area contributed by atoms with Crippen molar-refractivity contribution in [2.24, 2.45) is 0 Å². The summed E-state index contributed by atoms with van der Waals surface area (Å²) in [6.45, 7) is 1.92. The summed E-state index contributed by atoms with van der Waals surface area (Å²) in [6.07, 6.45) is 3.72. The van der Waals surface area contributed by atoms with Crippen LogP contribution in [0.4, 0.5) is 5.82 Å². The van der Waals surface area contributed by atoms with E-state index in [0.717, 1.165) is 23.8 Å². The third-order valence-corrected chi connectivity index (χ3v) is 4.58. The van der Waals surface area contributed by atoms with Crippen LogP contribution in [0, 0.1) is 6.92 Å². The molecule has 0 bridgehead atoms. The van der Waals surface area contributed by atoms with E-state index < -0.39 is 0 Å². The van der Waals surface area contributed by atoms with Crippen LogP contribution >= 0.6 is 35.0 Å². The molecule has 0 radical (unpaired) electrons. The molecule has 2 aromatic heterocycles. The number of rotatable bonds is 5. The van der Waals surface area contributed by atoms with Crippen molar-refractivity contribution in [2.45, 2.75) is 31.0 Å². The number of aryl methyl sites for hydroxylation is 1. The average molecular weight is 358 g/mol. The topological polar surface area (TPSA) is 72.7 Å². The second kappa shape index (κ2) is 6.44. The Morgan fingerprint density at radius 3 is 2.91 bits per heavy atom. The van der Waals surface area contributed by atoms with E-state index in [0.29, 0.717) is 21.9 Å². The van der Waals surface area contributed by atoms with E-state index in [-0.39, 0.29) is 11.7 Å². The maximum absolute atomic E-state index is 12.0. The molecule has 0 spiro atoms. The molecule has 1 aliphatic rings. The first-order chi connectivity index (χ1) is 10.5. The van der Waals surface area contributed by atoms with Gasteiger partial charge in [0.1, 0.15) is 5.82 Å². The number of carbonyl (C=O) groups is 1. The standard InChI is InChI=1S/C13H13Cl2N5OS/c1-7-18-19-13(20(7)9-2-3-9)22-6-11(21)17-12-10(15)4-8(14)5-16-12/h4-5,9H,2-3,6H2,1H3,(H,16,17,21). The van der Waals surface area contributed by atoms with Gasteiger partial charge in [-0.25, -0.2) is 4.98 Å². The van der Waals surface area contributed by atoms with Gasteiger partial charge in [0.15, 0.2) is 11.0 Å². The molecule has 0 aromatic carbocycles. The summed E-state index contributed by atoms with van der Waals surface area (Å²) in [5, 5.41) is 12.4. The van der Waals surface area contributed by atoms with Gasteiger partial charge in [-0.05, 0) is 25.8 Å². The molecule has 2 heterocycles. The van der Waals surface area contributed by atoms with Crippen molar-refractivity contribution in [3.63, 3.8) is 0 Å². The van der Waals surface area contributed by atoms with Gasteiger partial charge in [-0.2, -0.15) is 0 Å². The van der Waals surface area contributed by atoms with Gasteiger partial charge in [0.05, 0.1) is 15.8 Å². The third-order valence-electron chi connectivity index (χ3n) is 3.15. The van der Waals surface area contributed by atoms with E-state index in [1.165, 1.54) is 24.0 Å². The van der Waals surface area contributed by atoms with E-state index in [9.17, 15) is 4.79 Å². The zero-order valence-corrected chi connectivity index (χ0v) is 14.0. The summed E-state index contributed by atoms with van der Waals surface area (Å²) in [5.41, 5.74) is 0. The number of pyridine rings is 1. The molecule has 0 unspecified atom stereocenters. The Balaban J connectivity index is 1.61. The molecule has 1 saturated carbocycles. The molecule has 0 aliphatic heterocycles. The van der Waals surface area contributed by atoms with E-state index in [2.05, 4.69) is 25.1 Å². The van der Waals surface area contributed by atoms with Crippen molar-refractivity contribution in [3.8, 4) is 0 Å². The van der Waals surface area contributed by atoms with Gasteiger partial charge in [0, 0.05) is 12.2 Å². The molecule has 1 amide bonds. The largest absolute Gasteiger partial charge is 0.309 e. The normalized spacial score (nSPS) is 14.1. The fourth-order valence-electron chi connectivity index (χ4n) is 2.01. The zero-order chi connectivity index (χ0) is 15.7. The average Bonchev–Trinajstić information content (AvgIpc) is 3.23. The van der Waals surface area contributed by atoms with Crippen LogP contribution in [-0.4, -0.2) is 31.4 Å². The number of thioether (sulfide) groups is 1. The zero-order valence-electron chi connectivity index (χ0n) is 11.7. The van der Waals surface area contributed by atoms with Crippen molar-refractivity contribution in [1.82, 2.24) is 19.7 Å². The predicted octanol–water partition coefficient (Wildman–Crippen LogP) is 3.35. The first-order valence-electron chi connectivity index (χ1n) is 6.70. The molecule has 22 heavy (non-hydrogen) atoms. The highest BCUT2D eigenvalue weighted by Gasteiger charge is 2.28. The number of halogens is 2. The van der Waals surface area contributed by atoms with Gasteiger partial charge in [-0.1, -0.05) is 35.0 Å². The number of anilines is 1. The molecule has 9 heteroatoms. The lowest BCUT2D eigenvalue weighted by Crippen LogP contribution is -2.16. The van der Waals surface area contributed by atoms with E-state index in [1.54, 1.807) is 0 Å². The quantitative estimate of drug-likeness (QED) is 0.830. The van der Waals surface area contributed by atoms with Gasteiger partial charge < -0.3 is 9.88 Å². The molecular weight excluding hydrogens is 345 g/mol. The Morgan fingerprint density at radius 2 is 2.23 bits per heavy atom. The summed E-state index contributed by atoms with van der Waals surface area (Å²) < 4.78 is 2.09. The van der Waals surface area contributed by atoms with Gasteiger partial charge in [-0.15, -0.1) is 10.2 Å². The third kappa shape index (κ3) is 3.53. The number of nitrogens with zero attached hydrogens (tertiary/aromatic N) is 4. The number of amides is 1. The highest BCUT2D eigenvalue weighted by Crippen LogP contribution is 2.38. The molecule has 116 valence electrons. The van der Waals surface area contributed by atoms with Crippen LogP contribution in [0.2, 0.25) is 10.0 Å². The Hall–Kier alpha value is -1.31. The number of hydrogen-bond donors (Lipinski definition) is 1. The summed E-state index contributed by atoms with van der Waals surface area (Å²) in [5.74, 6) is 1.19. The van der Waals surface area contributed by atoms with Gasteiger partial charge in [0.25, 0.3) is 0 Å². The second-order valence-electron chi connectivity index (χ2n) is 4.95. The minimum atomic E-state index is -0.204. The molecule has 0 saturated heterocycles. The molecule has 1 aliphatic carbocycles. The number of carbonyl (C=O) groups excluding carboxylic acids is 1. The predicted molar refractivity (Wildman–Crippen MR) is 86.6 cm³/mol. The highest BCUT2D eigenvalue weighted by atomic mass is 35.5. The minimum Gasteiger partial charge on any atom is -0.309 e. The SMILES string of the molecule is Cc1nnc(SCC(=O)Nc2ncc(Cl)cc2Cl)n1C1CC1. The van der Waals surface area contributed by atoms with Crippen molar-refractivity contribution >= 4 is 46.7 Å². The highest BCUT2D eigenvalue weighted by molar-refractivity contribution is 7.99. The van der Waals surface area contributed by atoms with Crippen molar-refractivity contribution in [3.05, 3.63) is 28.1 Å². The lowest BCUT2D eigenvalue weighted by molar-refractivity contribution is -0.113. The fraction of sp³-hybridized carbons (Fsp3) is 0.385. The Labute approximate surface area is 141 Å². The lowest BCUT2D eigenvalue weighted by atomic mass is 10.4. The molecule has 3 rings (SSSR count). The van der Waals surface area contributed by atoms with Gasteiger partial charge >= 0.3 is 0 Å². The Morgan fingerprint density at radius 1 is 1.45 bits per heavy atom. The summed E-state index contributed by atoms with van der Waals surface area (Å²) in [7, 11) is 0. The number of aromatic nitrogens is 4. The van der Waals surface area contributed by atoms with Crippen LogP contribution in [0.25, 0.3) is 0 Å². The van der Waals surface area contributed by atoms with E-state index in [4.69, 9.17) is 23.2 Å².